The molecule has 7 nitrogen and oxygen atoms in total. The molecule has 2 aromatic carbocycles. The van der Waals surface area contributed by atoms with Gasteiger partial charge in [-0.05, 0) is 44.4 Å². The van der Waals surface area contributed by atoms with E-state index in [0.717, 1.165) is 56.1 Å². The number of benzene rings is 2. The normalized spacial score (nSPS) is 21.9. The molecule has 0 amide bonds. The standard InChI is InChI=1S/C28H27N5O2/c1-17-12-24-30-14-19-13-22(21-6-4-5-7-23(21)35-3)25(31-26(19)33(24)32-17)18-8-10-20(11-9-18)28(29)15-27(2,34)16-28/h4-14,34H,15-16,29H2,1-3H3. The predicted molar refractivity (Wildman–Crippen MR) is 136 cm³/mol. The summed E-state index contributed by atoms with van der Waals surface area (Å²) in [6.07, 6.45) is 2.93. The molecule has 1 saturated carbocycles. The van der Waals surface area contributed by atoms with Crippen molar-refractivity contribution >= 4 is 16.7 Å². The number of aromatic nitrogens is 4. The third-order valence-corrected chi connectivity index (χ3v) is 6.90. The summed E-state index contributed by atoms with van der Waals surface area (Å²) in [7, 11) is 1.67. The van der Waals surface area contributed by atoms with Crippen molar-refractivity contribution in [1.29, 1.82) is 0 Å². The quantitative estimate of drug-likeness (QED) is 0.402. The number of pyridine rings is 1. The fraction of sp³-hybridized carbons (Fsp3) is 0.250. The molecule has 3 N–H and O–H groups in total. The van der Waals surface area contributed by atoms with Gasteiger partial charge in [0.05, 0.1) is 24.1 Å². The number of nitrogens with zero attached hydrogens (tertiary/aromatic N) is 4. The van der Waals surface area contributed by atoms with E-state index in [4.69, 9.17) is 15.5 Å². The van der Waals surface area contributed by atoms with Crippen molar-refractivity contribution in [2.75, 3.05) is 7.11 Å². The number of hydrogen-bond acceptors (Lipinski definition) is 6. The first kappa shape index (κ1) is 21.7. The van der Waals surface area contributed by atoms with Crippen LogP contribution in [0.4, 0.5) is 0 Å². The number of methoxy groups -OCH3 is 1. The Morgan fingerprint density at radius 1 is 1.03 bits per heavy atom. The van der Waals surface area contributed by atoms with Crippen LogP contribution in [0.15, 0.2) is 66.9 Å². The smallest absolute Gasteiger partial charge is 0.165 e. The SMILES string of the molecule is COc1ccccc1-c1cc2cnc3cc(C)nn3c2nc1-c1ccc(C2(N)CC(C)(O)C2)cc1. The zero-order valence-corrected chi connectivity index (χ0v) is 20.0. The molecule has 0 spiro atoms. The van der Waals surface area contributed by atoms with Gasteiger partial charge in [-0.15, -0.1) is 0 Å². The molecular formula is C28H27N5O2. The Kier molecular flexibility index (Phi) is 4.71. The molecule has 5 aromatic rings. The average molecular weight is 466 g/mol. The molecule has 0 saturated heterocycles. The number of para-hydroxylation sites is 1. The first-order chi connectivity index (χ1) is 16.8. The number of hydrogen-bond donors (Lipinski definition) is 2. The summed E-state index contributed by atoms with van der Waals surface area (Å²) < 4.78 is 7.47. The van der Waals surface area contributed by atoms with Gasteiger partial charge in [-0.2, -0.15) is 9.61 Å². The Bertz CT molecular complexity index is 1580. The van der Waals surface area contributed by atoms with Crippen molar-refractivity contribution in [3.8, 4) is 28.1 Å². The van der Waals surface area contributed by atoms with Crippen LogP contribution in [0.3, 0.4) is 0 Å². The number of aliphatic hydroxyl groups is 1. The first-order valence-electron chi connectivity index (χ1n) is 11.7. The Balaban J connectivity index is 1.56. The first-order valence-corrected chi connectivity index (χ1v) is 11.7. The van der Waals surface area contributed by atoms with E-state index >= 15 is 0 Å². The van der Waals surface area contributed by atoms with Crippen LogP contribution in [0, 0.1) is 6.92 Å². The Morgan fingerprint density at radius 2 is 1.77 bits per heavy atom. The van der Waals surface area contributed by atoms with Crippen LogP contribution in [0.1, 0.15) is 31.0 Å². The van der Waals surface area contributed by atoms with Gasteiger partial charge in [-0.1, -0.05) is 42.5 Å². The van der Waals surface area contributed by atoms with Gasteiger partial charge in [-0.3, -0.25) is 0 Å². The van der Waals surface area contributed by atoms with E-state index in [-0.39, 0.29) is 0 Å². The van der Waals surface area contributed by atoms with E-state index in [0.29, 0.717) is 12.8 Å². The number of rotatable bonds is 4. The second-order valence-corrected chi connectivity index (χ2v) is 9.90. The van der Waals surface area contributed by atoms with E-state index in [1.807, 2.05) is 62.5 Å². The predicted octanol–water partition coefficient (Wildman–Crippen LogP) is 4.63. The van der Waals surface area contributed by atoms with Crippen LogP contribution in [0.25, 0.3) is 39.1 Å². The fourth-order valence-corrected chi connectivity index (χ4v) is 5.42. The van der Waals surface area contributed by atoms with Gasteiger partial charge in [0, 0.05) is 39.9 Å². The fourth-order valence-electron chi connectivity index (χ4n) is 5.42. The van der Waals surface area contributed by atoms with Gasteiger partial charge in [-0.25, -0.2) is 9.97 Å². The number of aryl methyl sites for hydroxylation is 1. The highest BCUT2D eigenvalue weighted by Crippen LogP contribution is 2.46. The van der Waals surface area contributed by atoms with Crippen LogP contribution in [0.5, 0.6) is 5.75 Å². The second-order valence-electron chi connectivity index (χ2n) is 9.90. The summed E-state index contributed by atoms with van der Waals surface area (Å²) in [6, 6.07) is 20.2. The summed E-state index contributed by atoms with van der Waals surface area (Å²) in [4.78, 5) is 9.69. The molecule has 35 heavy (non-hydrogen) atoms. The average Bonchev–Trinajstić information content (AvgIpc) is 3.22. The van der Waals surface area contributed by atoms with E-state index < -0.39 is 11.1 Å². The minimum Gasteiger partial charge on any atom is -0.496 e. The molecule has 0 atom stereocenters. The van der Waals surface area contributed by atoms with Gasteiger partial charge >= 0.3 is 0 Å². The lowest BCUT2D eigenvalue weighted by Gasteiger charge is -2.49. The molecule has 7 heteroatoms. The molecule has 6 rings (SSSR count). The maximum absolute atomic E-state index is 10.2. The topological polar surface area (TPSA) is 98.6 Å². The Hall–Kier alpha value is -3.81. The Labute approximate surface area is 203 Å². The van der Waals surface area contributed by atoms with Crippen LogP contribution in [-0.2, 0) is 5.54 Å². The maximum Gasteiger partial charge on any atom is 0.165 e. The zero-order chi connectivity index (χ0) is 24.4. The van der Waals surface area contributed by atoms with Crippen molar-refractivity contribution in [3.05, 3.63) is 78.1 Å². The highest BCUT2D eigenvalue weighted by Gasteiger charge is 2.49. The van der Waals surface area contributed by atoms with Crippen molar-refractivity contribution in [1.82, 2.24) is 19.6 Å². The van der Waals surface area contributed by atoms with Crippen LogP contribution in [0.2, 0.25) is 0 Å². The minimum atomic E-state index is -0.703. The third-order valence-electron chi connectivity index (χ3n) is 6.90. The summed E-state index contributed by atoms with van der Waals surface area (Å²) in [5.74, 6) is 0.771. The number of ether oxygens (including phenoxy) is 1. The highest BCUT2D eigenvalue weighted by atomic mass is 16.5. The zero-order valence-electron chi connectivity index (χ0n) is 20.0. The lowest BCUT2D eigenvalue weighted by molar-refractivity contribution is -0.0738. The molecule has 1 fully saturated rings. The lowest BCUT2D eigenvalue weighted by Crippen LogP contribution is -2.58. The van der Waals surface area contributed by atoms with Crippen LogP contribution < -0.4 is 10.5 Å². The molecule has 1 aliphatic rings. The maximum atomic E-state index is 10.2. The van der Waals surface area contributed by atoms with Gasteiger partial charge in [0.15, 0.2) is 11.3 Å². The molecular weight excluding hydrogens is 438 g/mol. The molecule has 3 aromatic heterocycles. The van der Waals surface area contributed by atoms with Gasteiger partial charge in [0.25, 0.3) is 0 Å². The summed E-state index contributed by atoms with van der Waals surface area (Å²) in [5.41, 5.74) is 12.4. The van der Waals surface area contributed by atoms with Crippen molar-refractivity contribution in [2.45, 2.75) is 37.8 Å². The van der Waals surface area contributed by atoms with E-state index in [1.54, 1.807) is 11.6 Å². The molecule has 3 heterocycles. The Morgan fingerprint density at radius 3 is 2.49 bits per heavy atom. The van der Waals surface area contributed by atoms with Gasteiger partial charge < -0.3 is 15.6 Å². The number of nitrogens with two attached hydrogens (primary N) is 1. The van der Waals surface area contributed by atoms with E-state index in [1.165, 1.54) is 0 Å². The molecule has 0 radical (unpaired) electrons. The molecule has 0 unspecified atom stereocenters. The third kappa shape index (κ3) is 3.55. The van der Waals surface area contributed by atoms with Crippen molar-refractivity contribution < 1.29 is 9.84 Å². The van der Waals surface area contributed by atoms with Gasteiger partial charge in [0.2, 0.25) is 0 Å². The second kappa shape index (κ2) is 7.60. The van der Waals surface area contributed by atoms with Crippen LogP contribution in [-0.4, -0.2) is 37.4 Å². The molecule has 1 aliphatic carbocycles. The highest BCUT2D eigenvalue weighted by molar-refractivity contribution is 5.92. The largest absolute Gasteiger partial charge is 0.496 e. The number of fused-ring (bicyclic) bond motifs is 3. The van der Waals surface area contributed by atoms with E-state index in [9.17, 15) is 5.11 Å². The summed E-state index contributed by atoms with van der Waals surface area (Å²) in [5, 5.41) is 15.7. The van der Waals surface area contributed by atoms with Crippen LogP contribution >= 0.6 is 0 Å². The monoisotopic (exact) mass is 465 g/mol. The summed E-state index contributed by atoms with van der Waals surface area (Å²) in [6.45, 7) is 3.78. The minimum absolute atomic E-state index is 0.505. The van der Waals surface area contributed by atoms with Crippen molar-refractivity contribution in [3.63, 3.8) is 0 Å². The van der Waals surface area contributed by atoms with Gasteiger partial charge in [0.1, 0.15) is 5.75 Å². The van der Waals surface area contributed by atoms with Crippen molar-refractivity contribution in [2.24, 2.45) is 5.73 Å². The molecule has 176 valence electrons. The summed E-state index contributed by atoms with van der Waals surface area (Å²) >= 11 is 0. The lowest BCUT2D eigenvalue weighted by atomic mass is 9.63. The molecule has 0 aliphatic heterocycles. The molecule has 0 bridgehead atoms. The van der Waals surface area contributed by atoms with E-state index in [2.05, 4.69) is 28.3 Å².